The highest BCUT2D eigenvalue weighted by molar-refractivity contribution is 5.85. The number of carbonyl (C=O) groups excluding carboxylic acids is 1. The number of nitrogens with zero attached hydrogens (tertiary/aromatic N) is 2. The zero-order valence-electron chi connectivity index (χ0n) is 10.4. The third-order valence-corrected chi connectivity index (χ3v) is 3.07. The van der Waals surface area contributed by atoms with Crippen molar-refractivity contribution in [3.8, 4) is 0 Å². The van der Waals surface area contributed by atoms with Crippen molar-refractivity contribution in [3.63, 3.8) is 0 Å². The number of hydrogen-bond acceptors (Lipinski definition) is 3. The molecule has 4 heteroatoms. The van der Waals surface area contributed by atoms with Gasteiger partial charge in [-0.15, -0.1) is 0 Å². The number of carbonyl (C=O) groups is 1. The molecule has 0 aromatic heterocycles. The van der Waals surface area contributed by atoms with Crippen LogP contribution in [-0.4, -0.2) is 54.5 Å². The summed E-state index contributed by atoms with van der Waals surface area (Å²) in [6.45, 7) is 7.34. The Balaban J connectivity index is 2.67. The lowest BCUT2D eigenvalue weighted by Gasteiger charge is -2.26. The molecule has 2 atom stereocenters. The summed E-state index contributed by atoms with van der Waals surface area (Å²) < 4.78 is 0. The first-order valence-corrected chi connectivity index (χ1v) is 5.48. The van der Waals surface area contributed by atoms with Crippen molar-refractivity contribution in [3.05, 3.63) is 0 Å². The van der Waals surface area contributed by atoms with Gasteiger partial charge in [0, 0.05) is 19.1 Å². The molecule has 1 rings (SSSR count). The smallest absolute Gasteiger partial charge is 0.242 e. The van der Waals surface area contributed by atoms with E-state index in [0.29, 0.717) is 12.0 Å². The minimum absolute atomic E-state index is 0.0544. The van der Waals surface area contributed by atoms with Gasteiger partial charge in [-0.2, -0.15) is 0 Å². The van der Waals surface area contributed by atoms with Crippen LogP contribution in [-0.2, 0) is 4.79 Å². The lowest BCUT2D eigenvalue weighted by molar-refractivity contribution is -0.134. The lowest BCUT2D eigenvalue weighted by Crippen LogP contribution is -2.50. The van der Waals surface area contributed by atoms with Crippen molar-refractivity contribution in [2.24, 2.45) is 11.7 Å². The van der Waals surface area contributed by atoms with Crippen LogP contribution in [0.15, 0.2) is 0 Å². The predicted molar refractivity (Wildman–Crippen MR) is 61.5 cm³/mol. The van der Waals surface area contributed by atoms with E-state index < -0.39 is 5.54 Å². The molecule has 88 valence electrons. The van der Waals surface area contributed by atoms with Gasteiger partial charge in [-0.3, -0.25) is 4.79 Å². The van der Waals surface area contributed by atoms with Crippen molar-refractivity contribution in [2.75, 3.05) is 27.2 Å². The third-order valence-electron chi connectivity index (χ3n) is 3.07. The molecule has 2 unspecified atom stereocenters. The van der Waals surface area contributed by atoms with Crippen LogP contribution in [0.1, 0.15) is 20.8 Å². The van der Waals surface area contributed by atoms with E-state index in [1.807, 2.05) is 4.90 Å². The van der Waals surface area contributed by atoms with Gasteiger partial charge in [-0.25, -0.2) is 0 Å². The minimum Gasteiger partial charge on any atom is -0.339 e. The molecule has 0 aliphatic carbocycles. The van der Waals surface area contributed by atoms with Crippen LogP contribution < -0.4 is 5.73 Å². The molecule has 1 amide bonds. The van der Waals surface area contributed by atoms with Crippen LogP contribution in [0.5, 0.6) is 0 Å². The van der Waals surface area contributed by atoms with E-state index in [0.717, 1.165) is 13.1 Å². The molecule has 2 N–H and O–H groups in total. The summed E-state index contributed by atoms with van der Waals surface area (Å²) in [7, 11) is 4.12. The molecular weight excluding hydrogens is 190 g/mol. The molecule has 0 aromatic carbocycles. The Hall–Kier alpha value is -0.610. The first-order valence-electron chi connectivity index (χ1n) is 5.48. The predicted octanol–water partition coefficient (Wildman–Crippen LogP) is 0.132. The molecule has 1 aliphatic rings. The van der Waals surface area contributed by atoms with Crippen molar-refractivity contribution in [1.29, 1.82) is 0 Å². The van der Waals surface area contributed by atoms with Gasteiger partial charge >= 0.3 is 0 Å². The maximum Gasteiger partial charge on any atom is 0.242 e. The summed E-state index contributed by atoms with van der Waals surface area (Å²) in [6, 6.07) is 0.455. The van der Waals surface area contributed by atoms with E-state index in [4.69, 9.17) is 5.73 Å². The first kappa shape index (κ1) is 12.5. The van der Waals surface area contributed by atoms with Crippen molar-refractivity contribution in [1.82, 2.24) is 9.80 Å². The van der Waals surface area contributed by atoms with Gasteiger partial charge in [0.05, 0.1) is 5.54 Å². The normalized spacial score (nSPS) is 27.5. The highest BCUT2D eigenvalue weighted by Crippen LogP contribution is 2.21. The van der Waals surface area contributed by atoms with E-state index in [2.05, 4.69) is 25.9 Å². The highest BCUT2D eigenvalue weighted by Gasteiger charge is 2.37. The van der Waals surface area contributed by atoms with Crippen LogP contribution in [0.2, 0.25) is 0 Å². The first-order chi connectivity index (χ1) is 6.73. The van der Waals surface area contributed by atoms with Crippen LogP contribution in [0, 0.1) is 5.92 Å². The highest BCUT2D eigenvalue weighted by atomic mass is 16.2. The molecule has 1 aliphatic heterocycles. The monoisotopic (exact) mass is 213 g/mol. The molecule has 0 saturated carbocycles. The summed E-state index contributed by atoms with van der Waals surface area (Å²) >= 11 is 0. The molecule has 1 fully saturated rings. The number of nitrogens with two attached hydrogens (primary N) is 1. The van der Waals surface area contributed by atoms with Crippen LogP contribution in [0.3, 0.4) is 0 Å². The zero-order valence-corrected chi connectivity index (χ0v) is 10.4. The second-order valence-corrected chi connectivity index (χ2v) is 5.44. The van der Waals surface area contributed by atoms with Crippen LogP contribution in [0.4, 0.5) is 0 Å². The molecular formula is C11H23N3O. The summed E-state index contributed by atoms with van der Waals surface area (Å²) in [4.78, 5) is 16.0. The Morgan fingerprint density at radius 1 is 1.40 bits per heavy atom. The number of amides is 1. The van der Waals surface area contributed by atoms with Crippen LogP contribution in [0.25, 0.3) is 0 Å². The van der Waals surface area contributed by atoms with E-state index in [1.165, 1.54) is 0 Å². The fourth-order valence-electron chi connectivity index (χ4n) is 2.20. The topological polar surface area (TPSA) is 49.6 Å². The Morgan fingerprint density at radius 3 is 2.27 bits per heavy atom. The van der Waals surface area contributed by atoms with Crippen LogP contribution >= 0.6 is 0 Å². The zero-order chi connectivity index (χ0) is 11.8. The Kier molecular flexibility index (Phi) is 3.41. The maximum atomic E-state index is 12.0. The quantitative estimate of drug-likeness (QED) is 0.709. The molecule has 0 radical (unpaired) electrons. The van der Waals surface area contributed by atoms with Crippen molar-refractivity contribution < 1.29 is 4.79 Å². The minimum atomic E-state index is -0.749. The number of likely N-dealkylation sites (tertiary alicyclic amines) is 1. The number of rotatable bonds is 2. The lowest BCUT2D eigenvalue weighted by atomic mass is 10.1. The molecule has 15 heavy (non-hydrogen) atoms. The standard InChI is InChI=1S/C11H23N3O/c1-8-6-14(7-9(8)13(4)5)10(15)11(2,3)12/h8-9H,6-7,12H2,1-5H3. The summed E-state index contributed by atoms with van der Waals surface area (Å²) in [5.74, 6) is 0.574. The van der Waals surface area contributed by atoms with Gasteiger partial charge in [0.2, 0.25) is 5.91 Å². The maximum absolute atomic E-state index is 12.0. The molecule has 1 heterocycles. The molecule has 0 bridgehead atoms. The number of likely N-dealkylation sites (N-methyl/N-ethyl adjacent to an activating group) is 1. The Morgan fingerprint density at radius 2 is 1.93 bits per heavy atom. The van der Waals surface area contributed by atoms with E-state index in [1.54, 1.807) is 13.8 Å². The molecule has 4 nitrogen and oxygen atoms in total. The SMILES string of the molecule is CC1CN(C(=O)C(C)(C)N)CC1N(C)C. The van der Waals surface area contributed by atoms with Gasteiger partial charge in [0.25, 0.3) is 0 Å². The van der Waals surface area contributed by atoms with Crippen molar-refractivity contribution in [2.45, 2.75) is 32.4 Å². The average Bonchev–Trinajstić information content (AvgIpc) is 2.44. The second-order valence-electron chi connectivity index (χ2n) is 5.44. The van der Waals surface area contributed by atoms with Crippen molar-refractivity contribution >= 4 is 5.91 Å². The summed E-state index contributed by atoms with van der Waals surface area (Å²) in [6.07, 6.45) is 0. The third kappa shape index (κ3) is 2.69. The Bertz CT molecular complexity index is 245. The van der Waals surface area contributed by atoms with E-state index in [-0.39, 0.29) is 5.91 Å². The van der Waals surface area contributed by atoms with Gasteiger partial charge < -0.3 is 15.5 Å². The average molecular weight is 213 g/mol. The molecule has 0 aromatic rings. The molecule has 0 spiro atoms. The van der Waals surface area contributed by atoms with Gasteiger partial charge in [-0.1, -0.05) is 6.92 Å². The number of hydrogen-bond donors (Lipinski definition) is 1. The fraction of sp³-hybridized carbons (Fsp3) is 0.909. The van der Waals surface area contributed by atoms with Gasteiger partial charge in [-0.05, 0) is 33.9 Å². The van der Waals surface area contributed by atoms with E-state index >= 15 is 0 Å². The summed E-state index contributed by atoms with van der Waals surface area (Å²) in [5, 5.41) is 0. The fourth-order valence-corrected chi connectivity index (χ4v) is 2.20. The molecule has 1 saturated heterocycles. The largest absolute Gasteiger partial charge is 0.339 e. The van der Waals surface area contributed by atoms with Gasteiger partial charge in [0.1, 0.15) is 0 Å². The Labute approximate surface area is 92.4 Å². The van der Waals surface area contributed by atoms with Gasteiger partial charge in [0.15, 0.2) is 0 Å². The van der Waals surface area contributed by atoms with E-state index in [9.17, 15) is 4.79 Å². The second kappa shape index (κ2) is 4.10. The summed E-state index contributed by atoms with van der Waals surface area (Å²) in [5.41, 5.74) is 5.07.